The van der Waals surface area contributed by atoms with Crippen molar-refractivity contribution in [2.24, 2.45) is 0 Å². The Morgan fingerprint density at radius 3 is 2.26 bits per heavy atom. The summed E-state index contributed by atoms with van der Waals surface area (Å²) in [5.74, 6) is -1.74. The Hall–Kier alpha value is -2.89. The Morgan fingerprint density at radius 2 is 1.61 bits per heavy atom. The number of aliphatic hydroxyl groups excluding tert-OH is 4. The average Bonchev–Trinajstić information content (AvgIpc) is 2.73. The second kappa shape index (κ2) is 9.50. The molecule has 0 amide bonds. The number of aliphatic hydroxyl groups is 4. The highest BCUT2D eigenvalue weighted by molar-refractivity contribution is 6.01. The molecular weight excluding hydrogens is 412 g/mol. The molecular formula is C21H24O10. The predicted octanol–water partition coefficient (Wildman–Crippen LogP) is -0.202. The van der Waals surface area contributed by atoms with Crippen LogP contribution in [0.25, 0.3) is 0 Å². The molecule has 1 aliphatic rings. The Balaban J connectivity index is 1.82. The van der Waals surface area contributed by atoms with Crippen molar-refractivity contribution >= 4 is 5.78 Å². The van der Waals surface area contributed by atoms with Crippen LogP contribution in [0.1, 0.15) is 22.3 Å². The van der Waals surface area contributed by atoms with Crippen LogP contribution in [-0.4, -0.2) is 78.8 Å². The quantitative estimate of drug-likeness (QED) is 0.288. The van der Waals surface area contributed by atoms with Crippen LogP contribution in [0.5, 0.6) is 23.0 Å². The Kier molecular flexibility index (Phi) is 6.98. The minimum atomic E-state index is -1.73. The number of hydrogen-bond donors (Lipinski definition) is 7. The molecule has 0 aliphatic carbocycles. The Labute approximate surface area is 177 Å². The van der Waals surface area contributed by atoms with Gasteiger partial charge in [0.15, 0.2) is 5.78 Å². The van der Waals surface area contributed by atoms with Crippen LogP contribution in [-0.2, 0) is 11.2 Å². The fourth-order valence-electron chi connectivity index (χ4n) is 3.30. The van der Waals surface area contributed by atoms with Crippen molar-refractivity contribution < 1.29 is 50.0 Å². The maximum atomic E-state index is 12.8. The Morgan fingerprint density at radius 1 is 0.935 bits per heavy atom. The molecule has 1 fully saturated rings. The molecule has 0 bridgehead atoms. The lowest BCUT2D eigenvalue weighted by molar-refractivity contribution is -0.277. The monoisotopic (exact) mass is 436 g/mol. The van der Waals surface area contributed by atoms with Gasteiger partial charge in [0, 0.05) is 18.6 Å². The van der Waals surface area contributed by atoms with Gasteiger partial charge in [0.2, 0.25) is 6.29 Å². The number of benzene rings is 2. The number of aromatic hydroxyl groups is 3. The van der Waals surface area contributed by atoms with Crippen LogP contribution in [0.3, 0.4) is 0 Å². The summed E-state index contributed by atoms with van der Waals surface area (Å²) in [5, 5.41) is 68.6. The number of hydrogen-bond acceptors (Lipinski definition) is 10. The second-order valence-electron chi connectivity index (χ2n) is 7.24. The van der Waals surface area contributed by atoms with Crippen LogP contribution in [0.15, 0.2) is 36.4 Å². The maximum absolute atomic E-state index is 12.8. The van der Waals surface area contributed by atoms with Crippen molar-refractivity contribution in [3.05, 3.63) is 47.5 Å². The van der Waals surface area contributed by atoms with Gasteiger partial charge in [0.1, 0.15) is 53.0 Å². The standard InChI is InChI=1S/C21H24O10/c22-9-16-18(27)19(28)20(29)21(31-16)30-15-8-12(24)7-14(26)17(15)13(25)6-3-10-1-4-11(23)5-2-10/h1-2,4-5,7-8,16,18-24,26-29H,3,6,9H2/t16-,18+,19-,20-,21+/m0/s1. The highest BCUT2D eigenvalue weighted by Crippen LogP contribution is 2.36. The second-order valence-corrected chi connectivity index (χ2v) is 7.24. The smallest absolute Gasteiger partial charge is 0.229 e. The number of phenolic OH excluding ortho intramolecular Hbond substituents is 3. The SMILES string of the molecule is O=C(CCc1ccc(O)cc1)c1c(O)cc(O)cc1O[C@@H]1O[C@@H](CO)[C@@H](O)[C@H](O)[C@@H]1O. The molecule has 2 aromatic carbocycles. The zero-order valence-electron chi connectivity index (χ0n) is 16.3. The molecule has 3 rings (SSSR count). The molecule has 0 saturated carbocycles. The van der Waals surface area contributed by atoms with E-state index in [1.807, 2.05) is 0 Å². The van der Waals surface area contributed by atoms with E-state index in [4.69, 9.17) is 9.47 Å². The summed E-state index contributed by atoms with van der Waals surface area (Å²) in [6.07, 6.45) is -7.61. The van der Waals surface area contributed by atoms with E-state index in [9.17, 15) is 40.5 Å². The number of ether oxygens (including phenoxy) is 2. The number of rotatable bonds is 7. The number of carbonyl (C=O) groups excluding carboxylic acids is 1. The number of aryl methyl sites for hydroxylation is 1. The summed E-state index contributed by atoms with van der Waals surface area (Å²) < 4.78 is 10.7. The molecule has 1 saturated heterocycles. The van der Waals surface area contributed by atoms with Crippen LogP contribution in [0, 0.1) is 0 Å². The van der Waals surface area contributed by atoms with Crippen molar-refractivity contribution in [1.29, 1.82) is 0 Å². The van der Waals surface area contributed by atoms with E-state index in [-0.39, 0.29) is 23.5 Å². The summed E-state index contributed by atoms with van der Waals surface area (Å²) in [7, 11) is 0. The first-order chi connectivity index (χ1) is 14.7. The van der Waals surface area contributed by atoms with Gasteiger partial charge in [0.05, 0.1) is 6.61 Å². The number of Topliss-reactive ketones (excluding diaryl/α,β-unsaturated/α-hetero) is 1. The summed E-state index contributed by atoms with van der Waals surface area (Å²) in [5.41, 5.74) is 0.495. The van der Waals surface area contributed by atoms with Gasteiger partial charge in [-0.05, 0) is 24.1 Å². The zero-order valence-corrected chi connectivity index (χ0v) is 16.3. The third-order valence-electron chi connectivity index (χ3n) is 5.01. The molecule has 0 unspecified atom stereocenters. The van der Waals surface area contributed by atoms with E-state index in [1.54, 1.807) is 12.1 Å². The lowest BCUT2D eigenvalue weighted by atomic mass is 9.99. The molecule has 10 heteroatoms. The predicted molar refractivity (Wildman–Crippen MR) is 105 cm³/mol. The number of carbonyl (C=O) groups is 1. The minimum Gasteiger partial charge on any atom is -0.508 e. The third kappa shape index (κ3) is 5.06. The van der Waals surface area contributed by atoms with Crippen LogP contribution in [0.2, 0.25) is 0 Å². The van der Waals surface area contributed by atoms with Crippen molar-refractivity contribution in [2.45, 2.75) is 43.5 Å². The fourth-order valence-corrected chi connectivity index (χ4v) is 3.30. The summed E-state index contributed by atoms with van der Waals surface area (Å²) >= 11 is 0. The van der Waals surface area contributed by atoms with Gasteiger partial charge in [-0.15, -0.1) is 0 Å². The van der Waals surface area contributed by atoms with E-state index >= 15 is 0 Å². The molecule has 0 radical (unpaired) electrons. The van der Waals surface area contributed by atoms with Crippen LogP contribution < -0.4 is 4.74 Å². The summed E-state index contributed by atoms with van der Waals surface area (Å²) in [6, 6.07) is 8.23. The van der Waals surface area contributed by atoms with Gasteiger partial charge < -0.3 is 45.2 Å². The summed E-state index contributed by atoms with van der Waals surface area (Å²) in [4.78, 5) is 12.8. The molecule has 1 heterocycles. The molecule has 0 spiro atoms. The maximum Gasteiger partial charge on any atom is 0.229 e. The van der Waals surface area contributed by atoms with Crippen molar-refractivity contribution in [3.8, 4) is 23.0 Å². The molecule has 168 valence electrons. The van der Waals surface area contributed by atoms with Crippen molar-refractivity contribution in [1.82, 2.24) is 0 Å². The molecule has 10 nitrogen and oxygen atoms in total. The first-order valence-corrected chi connectivity index (χ1v) is 9.55. The van der Waals surface area contributed by atoms with Gasteiger partial charge in [-0.25, -0.2) is 0 Å². The van der Waals surface area contributed by atoms with Gasteiger partial charge in [-0.3, -0.25) is 4.79 Å². The lowest BCUT2D eigenvalue weighted by Crippen LogP contribution is -2.60. The van der Waals surface area contributed by atoms with Gasteiger partial charge in [0.25, 0.3) is 0 Å². The van der Waals surface area contributed by atoms with Crippen molar-refractivity contribution in [2.75, 3.05) is 6.61 Å². The molecule has 31 heavy (non-hydrogen) atoms. The highest BCUT2D eigenvalue weighted by Gasteiger charge is 2.45. The number of phenols is 3. The lowest BCUT2D eigenvalue weighted by Gasteiger charge is -2.39. The first kappa shape index (κ1) is 22.8. The first-order valence-electron chi connectivity index (χ1n) is 9.55. The average molecular weight is 436 g/mol. The fraction of sp³-hybridized carbons (Fsp3) is 0.381. The van der Waals surface area contributed by atoms with Gasteiger partial charge in [-0.1, -0.05) is 12.1 Å². The molecule has 5 atom stereocenters. The van der Waals surface area contributed by atoms with E-state index in [0.717, 1.165) is 17.7 Å². The van der Waals surface area contributed by atoms with Crippen LogP contribution in [0.4, 0.5) is 0 Å². The molecule has 7 N–H and O–H groups in total. The highest BCUT2D eigenvalue weighted by atomic mass is 16.7. The van der Waals surface area contributed by atoms with Gasteiger partial charge >= 0.3 is 0 Å². The molecule has 1 aliphatic heterocycles. The molecule has 0 aromatic heterocycles. The third-order valence-corrected chi connectivity index (χ3v) is 5.01. The summed E-state index contributed by atoms with van der Waals surface area (Å²) in [6.45, 7) is -0.672. The minimum absolute atomic E-state index is 0.0475. The Bertz CT molecular complexity index is 911. The normalized spacial score (nSPS) is 25.9. The topological polar surface area (TPSA) is 177 Å². The largest absolute Gasteiger partial charge is 0.508 e. The van der Waals surface area contributed by atoms with Crippen LogP contribution >= 0.6 is 0 Å². The van der Waals surface area contributed by atoms with E-state index in [0.29, 0.717) is 6.42 Å². The van der Waals surface area contributed by atoms with E-state index in [1.165, 1.54) is 12.1 Å². The zero-order chi connectivity index (χ0) is 22.7. The van der Waals surface area contributed by atoms with Gasteiger partial charge in [-0.2, -0.15) is 0 Å². The van der Waals surface area contributed by atoms with Crippen molar-refractivity contribution in [3.63, 3.8) is 0 Å². The van der Waals surface area contributed by atoms with E-state index in [2.05, 4.69) is 0 Å². The number of ketones is 1. The molecule has 2 aromatic rings. The van der Waals surface area contributed by atoms with E-state index < -0.39 is 54.6 Å².